The monoisotopic (exact) mass is 427 g/mol. The number of carbonyl (C=O) groups excluding carboxylic acids is 2. The van der Waals surface area contributed by atoms with E-state index < -0.39 is 6.04 Å². The minimum atomic E-state index is -0.660. The van der Waals surface area contributed by atoms with Crippen molar-refractivity contribution in [2.24, 2.45) is 4.99 Å². The van der Waals surface area contributed by atoms with E-state index in [1.165, 1.54) is 29.3 Å². The first-order chi connectivity index (χ1) is 13.9. The largest absolute Gasteiger partial charge is 0.363 e. The number of amides is 3. The first kappa shape index (κ1) is 19.7. The second-order valence-electron chi connectivity index (χ2n) is 7.03. The second kappa shape index (κ2) is 7.65. The Hall–Kier alpha value is -2.64. The van der Waals surface area contributed by atoms with Crippen molar-refractivity contribution in [1.82, 2.24) is 9.80 Å². The lowest BCUT2D eigenvalue weighted by Crippen LogP contribution is -2.61. The Kier molecular flexibility index (Phi) is 5.19. The number of amidine groups is 2. The highest BCUT2D eigenvalue weighted by Crippen LogP contribution is 2.29. The number of hydrogen-bond donors (Lipinski definition) is 0. The molecule has 2 aliphatic heterocycles. The average Bonchev–Trinajstić information content (AvgIpc) is 3.06. The minimum Gasteiger partial charge on any atom is -0.269 e. The normalized spacial score (nSPS) is 19.0. The topological polar surface area (TPSA) is 56.0 Å². The predicted octanol–water partition coefficient (Wildman–Crippen LogP) is 3.61. The smallest absolute Gasteiger partial charge is 0.269 e. The molecule has 0 saturated carbocycles. The highest BCUT2D eigenvalue weighted by Gasteiger charge is 2.53. The number of aryl methyl sites for hydroxylation is 1. The molecule has 0 spiro atoms. The maximum atomic E-state index is 13.0. The van der Waals surface area contributed by atoms with E-state index in [0.717, 1.165) is 15.4 Å². The number of likely N-dealkylation sites (N-methyl/N-ethyl adjacent to an activating group) is 2. The summed E-state index contributed by atoms with van der Waals surface area (Å²) in [6.45, 7) is 2.44. The van der Waals surface area contributed by atoms with E-state index in [4.69, 9.17) is 11.6 Å². The number of rotatable bonds is 3. The molecule has 0 N–H and O–H groups in total. The summed E-state index contributed by atoms with van der Waals surface area (Å²) in [6.07, 6.45) is 0. The Balaban J connectivity index is 1.78. The van der Waals surface area contributed by atoms with Gasteiger partial charge in [0.2, 0.25) is 0 Å². The van der Waals surface area contributed by atoms with Crippen molar-refractivity contribution in [2.45, 2.75) is 24.4 Å². The number of halogens is 1. The Bertz CT molecular complexity index is 1060. The minimum absolute atomic E-state index is 0.293. The standard InChI is InChI=1S/C21H20ClN4O2S/c1-13-8-10-15(11-9-13)29-20-23-18-17(19(27)25(3)21(28)24(18)2)26(20)12-14-6-4-5-7-16(14)22/h4-11,17H,12H2,1-3H3/q+1. The zero-order valence-electron chi connectivity index (χ0n) is 16.3. The van der Waals surface area contributed by atoms with Crippen LogP contribution in [0.2, 0.25) is 5.02 Å². The first-order valence-corrected chi connectivity index (χ1v) is 10.3. The number of thioether (sulfide) groups is 1. The van der Waals surface area contributed by atoms with Crippen molar-refractivity contribution in [1.29, 1.82) is 0 Å². The fourth-order valence-corrected chi connectivity index (χ4v) is 4.44. The lowest BCUT2D eigenvalue weighted by Gasteiger charge is -2.30. The van der Waals surface area contributed by atoms with Crippen molar-refractivity contribution in [3.8, 4) is 0 Å². The summed E-state index contributed by atoms with van der Waals surface area (Å²) in [5.41, 5.74) is 2.06. The van der Waals surface area contributed by atoms with Crippen LogP contribution in [0, 0.1) is 6.92 Å². The molecular formula is C21H20ClN4O2S+. The van der Waals surface area contributed by atoms with Gasteiger partial charge in [-0.15, -0.1) is 0 Å². The lowest BCUT2D eigenvalue weighted by molar-refractivity contribution is -0.548. The summed E-state index contributed by atoms with van der Waals surface area (Å²) in [5.74, 6) is 0.151. The molecule has 1 unspecified atom stereocenters. The Morgan fingerprint density at radius 2 is 1.76 bits per heavy atom. The van der Waals surface area contributed by atoms with Gasteiger partial charge in [-0.25, -0.2) is 9.37 Å². The molecule has 1 fully saturated rings. The van der Waals surface area contributed by atoms with Crippen molar-refractivity contribution >= 4 is 46.3 Å². The van der Waals surface area contributed by atoms with Gasteiger partial charge >= 0.3 is 11.2 Å². The summed E-state index contributed by atoms with van der Waals surface area (Å²) in [6, 6.07) is 14.6. The van der Waals surface area contributed by atoms with Gasteiger partial charge in [0.05, 0.1) is 0 Å². The number of urea groups is 1. The van der Waals surface area contributed by atoms with Crippen LogP contribution in [0.25, 0.3) is 0 Å². The molecule has 2 aromatic rings. The molecule has 0 aliphatic carbocycles. The molecule has 2 heterocycles. The van der Waals surface area contributed by atoms with Gasteiger partial charge in [0.25, 0.3) is 17.8 Å². The average molecular weight is 428 g/mol. The van der Waals surface area contributed by atoms with Crippen LogP contribution in [0.5, 0.6) is 0 Å². The van der Waals surface area contributed by atoms with Gasteiger partial charge in [0, 0.05) is 41.3 Å². The molecule has 2 aromatic carbocycles. The summed E-state index contributed by atoms with van der Waals surface area (Å²) < 4.78 is 1.92. The van der Waals surface area contributed by atoms with Crippen LogP contribution in [0.4, 0.5) is 4.79 Å². The fourth-order valence-electron chi connectivity index (χ4n) is 3.34. The maximum absolute atomic E-state index is 13.0. The molecule has 3 amide bonds. The van der Waals surface area contributed by atoms with E-state index in [1.54, 1.807) is 7.05 Å². The number of nitrogens with zero attached hydrogens (tertiary/aromatic N) is 4. The lowest BCUT2D eigenvalue weighted by atomic mass is 10.1. The van der Waals surface area contributed by atoms with Gasteiger partial charge in [0.15, 0.2) is 0 Å². The molecule has 148 valence electrons. The molecule has 29 heavy (non-hydrogen) atoms. The predicted molar refractivity (Wildman–Crippen MR) is 115 cm³/mol. The molecule has 8 heteroatoms. The maximum Gasteiger partial charge on any atom is 0.363 e. The highest BCUT2D eigenvalue weighted by molar-refractivity contribution is 8.13. The molecule has 1 atom stereocenters. The number of hydrogen-bond acceptors (Lipinski definition) is 4. The number of fused-ring (bicyclic) bond motifs is 1. The third-order valence-corrected chi connectivity index (χ3v) is 6.41. The Labute approximate surface area is 178 Å². The van der Waals surface area contributed by atoms with E-state index >= 15 is 0 Å². The van der Waals surface area contributed by atoms with Crippen LogP contribution in [0.15, 0.2) is 58.4 Å². The molecule has 6 nitrogen and oxygen atoms in total. The van der Waals surface area contributed by atoms with Crippen molar-refractivity contribution in [2.75, 3.05) is 14.1 Å². The van der Waals surface area contributed by atoms with Crippen LogP contribution in [0.3, 0.4) is 0 Å². The third-order valence-electron chi connectivity index (χ3n) is 5.02. The molecule has 0 aromatic heterocycles. The molecule has 1 saturated heterocycles. The fraction of sp³-hybridized carbons (Fsp3) is 0.238. The molecule has 2 aliphatic rings. The van der Waals surface area contributed by atoms with E-state index in [2.05, 4.69) is 4.99 Å². The van der Waals surface area contributed by atoms with Gasteiger partial charge in [-0.3, -0.25) is 14.6 Å². The number of aliphatic imine (C=N–C) groups is 1. The van der Waals surface area contributed by atoms with E-state index in [0.29, 0.717) is 22.6 Å². The Morgan fingerprint density at radius 1 is 1.07 bits per heavy atom. The number of imide groups is 1. The van der Waals surface area contributed by atoms with E-state index in [9.17, 15) is 9.59 Å². The second-order valence-corrected chi connectivity index (χ2v) is 8.48. The summed E-state index contributed by atoms with van der Waals surface area (Å²) in [4.78, 5) is 33.7. The third kappa shape index (κ3) is 3.56. The Morgan fingerprint density at radius 3 is 2.45 bits per heavy atom. The van der Waals surface area contributed by atoms with Crippen LogP contribution in [0.1, 0.15) is 11.1 Å². The first-order valence-electron chi connectivity index (χ1n) is 9.12. The van der Waals surface area contributed by atoms with Gasteiger partial charge in [0.1, 0.15) is 6.54 Å². The van der Waals surface area contributed by atoms with Crippen LogP contribution < -0.4 is 0 Å². The van der Waals surface area contributed by atoms with Crippen molar-refractivity contribution < 1.29 is 14.2 Å². The van der Waals surface area contributed by atoms with Gasteiger partial charge in [-0.1, -0.05) is 47.5 Å². The molecular weight excluding hydrogens is 408 g/mol. The summed E-state index contributed by atoms with van der Waals surface area (Å²) in [5, 5.41) is 1.29. The highest BCUT2D eigenvalue weighted by atomic mass is 35.5. The van der Waals surface area contributed by atoms with Crippen LogP contribution >= 0.6 is 23.4 Å². The van der Waals surface area contributed by atoms with Crippen LogP contribution in [-0.4, -0.2) is 57.5 Å². The van der Waals surface area contributed by atoms with Crippen molar-refractivity contribution in [3.63, 3.8) is 0 Å². The van der Waals surface area contributed by atoms with E-state index in [-0.39, 0.29) is 11.9 Å². The van der Waals surface area contributed by atoms with Gasteiger partial charge in [-0.2, -0.15) is 0 Å². The van der Waals surface area contributed by atoms with Gasteiger partial charge < -0.3 is 0 Å². The van der Waals surface area contributed by atoms with Crippen molar-refractivity contribution in [3.05, 3.63) is 64.7 Å². The number of benzene rings is 2. The number of carbonyl (C=O) groups is 2. The molecule has 0 radical (unpaired) electrons. The quantitative estimate of drug-likeness (QED) is 0.703. The van der Waals surface area contributed by atoms with Crippen LogP contribution in [-0.2, 0) is 11.3 Å². The van der Waals surface area contributed by atoms with E-state index in [1.807, 2.05) is 60.0 Å². The molecule has 0 bridgehead atoms. The molecule has 4 rings (SSSR count). The zero-order chi connectivity index (χ0) is 20.7. The SMILES string of the molecule is Cc1ccc(SC2=[N+](Cc3ccccc3Cl)C3C(=O)N(C)C(=O)N(C)C3=N2)cc1. The summed E-state index contributed by atoms with van der Waals surface area (Å²) in [7, 11) is 3.14. The van der Waals surface area contributed by atoms with Gasteiger partial charge in [-0.05, 0) is 30.1 Å². The zero-order valence-corrected chi connectivity index (χ0v) is 17.9. The summed E-state index contributed by atoms with van der Waals surface area (Å²) >= 11 is 7.85.